The Morgan fingerprint density at radius 1 is 0.829 bits per heavy atom. The first-order valence-electron chi connectivity index (χ1n) is 11.8. The molecule has 0 bridgehead atoms. The van der Waals surface area contributed by atoms with Crippen LogP contribution in [0.4, 0.5) is 5.69 Å². The number of rotatable bonds is 6. The normalized spacial score (nSPS) is 16.9. The van der Waals surface area contributed by atoms with Crippen molar-refractivity contribution >= 4 is 17.4 Å². The van der Waals surface area contributed by atoms with Crippen molar-refractivity contribution in [2.24, 2.45) is 0 Å². The Hall–Kier alpha value is -4.02. The SMILES string of the molecule is Cc1ccc(C)c(CN2C(=O)C(O)(CC(=O)c3ccc(-c4ccccc4)cc3)c3ccccc32)c1. The van der Waals surface area contributed by atoms with Crippen LogP contribution in [0.3, 0.4) is 0 Å². The number of Topliss-reactive ketones (excluding diaryl/α,β-unsaturated/α-hetero) is 1. The number of hydrogen-bond donors (Lipinski definition) is 1. The highest BCUT2D eigenvalue weighted by Gasteiger charge is 2.50. The molecule has 1 aliphatic rings. The molecule has 0 radical (unpaired) electrons. The zero-order chi connectivity index (χ0) is 24.6. The Morgan fingerprint density at radius 2 is 1.49 bits per heavy atom. The molecule has 0 aromatic heterocycles. The maximum atomic E-state index is 13.6. The van der Waals surface area contributed by atoms with Gasteiger partial charge in [0.25, 0.3) is 5.91 Å². The summed E-state index contributed by atoms with van der Waals surface area (Å²) in [5, 5.41) is 11.6. The summed E-state index contributed by atoms with van der Waals surface area (Å²) in [6.07, 6.45) is -0.309. The maximum absolute atomic E-state index is 13.6. The number of aryl methyl sites for hydroxylation is 2. The van der Waals surface area contributed by atoms with Crippen molar-refractivity contribution in [3.8, 4) is 11.1 Å². The minimum absolute atomic E-state index is 0.274. The van der Waals surface area contributed by atoms with E-state index in [4.69, 9.17) is 0 Å². The van der Waals surface area contributed by atoms with E-state index in [1.165, 1.54) is 0 Å². The standard InChI is InChI=1S/C31H27NO3/c1-21-12-13-22(2)26(18-21)20-32-28-11-7-6-10-27(28)31(35,30(32)34)19-29(33)25-16-14-24(15-17-25)23-8-4-3-5-9-23/h3-18,35H,19-20H2,1-2H3. The van der Waals surface area contributed by atoms with Gasteiger partial charge in [-0.25, -0.2) is 0 Å². The third kappa shape index (κ3) is 4.17. The summed E-state index contributed by atoms with van der Waals surface area (Å²) in [5.74, 6) is -0.738. The largest absolute Gasteiger partial charge is 0.375 e. The minimum Gasteiger partial charge on any atom is -0.375 e. The number of amides is 1. The van der Waals surface area contributed by atoms with Gasteiger partial charge in [0.2, 0.25) is 0 Å². The first kappa shape index (κ1) is 22.8. The van der Waals surface area contributed by atoms with Gasteiger partial charge in [-0.1, -0.05) is 96.6 Å². The van der Waals surface area contributed by atoms with E-state index in [9.17, 15) is 14.7 Å². The number of fused-ring (bicyclic) bond motifs is 1. The van der Waals surface area contributed by atoms with Gasteiger partial charge in [-0.2, -0.15) is 0 Å². The number of anilines is 1. The Morgan fingerprint density at radius 3 is 2.23 bits per heavy atom. The smallest absolute Gasteiger partial charge is 0.264 e. The van der Waals surface area contributed by atoms with E-state index in [0.29, 0.717) is 23.4 Å². The monoisotopic (exact) mass is 461 g/mol. The van der Waals surface area contributed by atoms with Gasteiger partial charge in [0.15, 0.2) is 11.4 Å². The average Bonchev–Trinajstić information content (AvgIpc) is 3.08. The second-order valence-electron chi connectivity index (χ2n) is 9.24. The molecule has 4 aromatic rings. The van der Waals surface area contributed by atoms with Crippen molar-refractivity contribution in [2.45, 2.75) is 32.4 Å². The van der Waals surface area contributed by atoms with Crippen molar-refractivity contribution in [3.05, 3.63) is 125 Å². The lowest BCUT2D eigenvalue weighted by Crippen LogP contribution is -2.41. The molecule has 0 saturated heterocycles. The molecule has 1 unspecified atom stereocenters. The molecule has 4 nitrogen and oxygen atoms in total. The minimum atomic E-state index is -1.90. The van der Waals surface area contributed by atoms with Crippen molar-refractivity contribution in [2.75, 3.05) is 4.90 Å². The summed E-state index contributed by atoms with van der Waals surface area (Å²) in [4.78, 5) is 28.5. The zero-order valence-electron chi connectivity index (χ0n) is 19.9. The van der Waals surface area contributed by atoms with Gasteiger partial charge in [0.05, 0.1) is 18.7 Å². The predicted octanol–water partition coefficient (Wildman–Crippen LogP) is 5.98. The van der Waals surface area contributed by atoms with Gasteiger partial charge in [-0.05, 0) is 42.2 Å². The summed E-state index contributed by atoms with van der Waals surface area (Å²) in [6.45, 7) is 4.36. The lowest BCUT2D eigenvalue weighted by Gasteiger charge is -2.23. The summed E-state index contributed by atoms with van der Waals surface area (Å²) in [5.41, 5.74) is 4.95. The Labute approximate surface area is 205 Å². The number of hydrogen-bond acceptors (Lipinski definition) is 3. The molecule has 4 aromatic carbocycles. The van der Waals surface area contributed by atoms with Crippen molar-refractivity contribution in [1.29, 1.82) is 0 Å². The molecule has 1 N–H and O–H groups in total. The molecule has 0 fully saturated rings. The molecule has 5 rings (SSSR count). The second kappa shape index (κ2) is 8.97. The fourth-order valence-electron chi connectivity index (χ4n) is 4.79. The van der Waals surface area contributed by atoms with E-state index in [-0.39, 0.29) is 12.2 Å². The first-order valence-corrected chi connectivity index (χ1v) is 11.8. The van der Waals surface area contributed by atoms with Crippen LogP contribution in [-0.2, 0) is 16.9 Å². The predicted molar refractivity (Wildman–Crippen MR) is 138 cm³/mol. The van der Waals surface area contributed by atoms with Gasteiger partial charge in [0.1, 0.15) is 0 Å². The second-order valence-corrected chi connectivity index (χ2v) is 9.24. The van der Waals surface area contributed by atoms with E-state index >= 15 is 0 Å². The van der Waals surface area contributed by atoms with E-state index < -0.39 is 11.5 Å². The summed E-state index contributed by atoms with van der Waals surface area (Å²) >= 11 is 0. The van der Waals surface area contributed by atoms with Gasteiger partial charge < -0.3 is 10.0 Å². The number of carbonyl (C=O) groups excluding carboxylic acids is 2. The molecule has 35 heavy (non-hydrogen) atoms. The molecule has 0 aliphatic carbocycles. The summed E-state index contributed by atoms with van der Waals surface area (Å²) in [7, 11) is 0. The van der Waals surface area contributed by atoms with Crippen LogP contribution in [0.1, 0.15) is 39.0 Å². The molecule has 4 heteroatoms. The molecule has 1 heterocycles. The van der Waals surface area contributed by atoms with Crippen LogP contribution in [0.2, 0.25) is 0 Å². The average molecular weight is 462 g/mol. The Balaban J connectivity index is 1.43. The van der Waals surface area contributed by atoms with Gasteiger partial charge >= 0.3 is 0 Å². The highest BCUT2D eigenvalue weighted by molar-refractivity contribution is 6.10. The number of para-hydroxylation sites is 1. The number of nitrogens with zero attached hydrogens (tertiary/aromatic N) is 1. The quantitative estimate of drug-likeness (QED) is 0.360. The van der Waals surface area contributed by atoms with Gasteiger partial charge in [-0.15, -0.1) is 0 Å². The lowest BCUT2D eigenvalue weighted by atomic mass is 9.88. The van der Waals surface area contributed by atoms with E-state index in [2.05, 4.69) is 6.07 Å². The van der Waals surface area contributed by atoms with Crippen LogP contribution in [-0.4, -0.2) is 16.8 Å². The highest BCUT2D eigenvalue weighted by atomic mass is 16.3. The zero-order valence-corrected chi connectivity index (χ0v) is 19.9. The summed E-state index contributed by atoms with van der Waals surface area (Å²) in [6, 6.07) is 30.6. The molecule has 0 saturated carbocycles. The fraction of sp³-hybridized carbons (Fsp3) is 0.161. The van der Waals surface area contributed by atoms with Crippen LogP contribution < -0.4 is 4.90 Å². The molecular formula is C31H27NO3. The number of benzene rings is 4. The van der Waals surface area contributed by atoms with Crippen LogP contribution in [0.5, 0.6) is 0 Å². The fourth-order valence-corrected chi connectivity index (χ4v) is 4.79. The number of aliphatic hydroxyl groups is 1. The molecule has 1 aliphatic heterocycles. The third-order valence-corrected chi connectivity index (χ3v) is 6.80. The van der Waals surface area contributed by atoms with E-state index in [1.807, 2.05) is 80.6 Å². The van der Waals surface area contributed by atoms with Crippen LogP contribution in [0.15, 0.2) is 97.1 Å². The third-order valence-electron chi connectivity index (χ3n) is 6.80. The van der Waals surface area contributed by atoms with Crippen molar-refractivity contribution in [1.82, 2.24) is 0 Å². The van der Waals surface area contributed by atoms with Gasteiger partial charge in [0, 0.05) is 11.1 Å². The molecule has 174 valence electrons. The molecular weight excluding hydrogens is 434 g/mol. The highest BCUT2D eigenvalue weighted by Crippen LogP contribution is 2.43. The van der Waals surface area contributed by atoms with Crippen molar-refractivity contribution in [3.63, 3.8) is 0 Å². The van der Waals surface area contributed by atoms with Gasteiger partial charge in [-0.3, -0.25) is 9.59 Å². The summed E-state index contributed by atoms with van der Waals surface area (Å²) < 4.78 is 0. The van der Waals surface area contributed by atoms with Crippen LogP contribution in [0.25, 0.3) is 11.1 Å². The number of carbonyl (C=O) groups is 2. The first-order chi connectivity index (χ1) is 16.9. The molecule has 1 amide bonds. The number of ketones is 1. The Bertz CT molecular complexity index is 1410. The topological polar surface area (TPSA) is 57.6 Å². The molecule has 1 atom stereocenters. The van der Waals surface area contributed by atoms with E-state index in [0.717, 1.165) is 27.8 Å². The van der Waals surface area contributed by atoms with Crippen LogP contribution in [0, 0.1) is 13.8 Å². The lowest BCUT2D eigenvalue weighted by molar-refractivity contribution is -0.136. The van der Waals surface area contributed by atoms with Crippen molar-refractivity contribution < 1.29 is 14.7 Å². The molecule has 0 spiro atoms. The van der Waals surface area contributed by atoms with E-state index in [1.54, 1.807) is 29.2 Å². The maximum Gasteiger partial charge on any atom is 0.264 e. The Kier molecular flexibility index (Phi) is 5.83. The van der Waals surface area contributed by atoms with Crippen LogP contribution >= 0.6 is 0 Å².